The summed E-state index contributed by atoms with van der Waals surface area (Å²) in [5.41, 5.74) is 3.26. The van der Waals surface area contributed by atoms with E-state index in [2.05, 4.69) is 50.3 Å². The van der Waals surface area contributed by atoms with Gasteiger partial charge >= 0.3 is 0 Å². The van der Waals surface area contributed by atoms with E-state index < -0.39 is 0 Å². The fraction of sp³-hybridized carbons (Fsp3) is 0.143. The Morgan fingerprint density at radius 2 is 2.00 bits per heavy atom. The minimum Gasteiger partial charge on any atom is -0.373 e. The summed E-state index contributed by atoms with van der Waals surface area (Å²) < 4.78 is 2.11. The van der Waals surface area contributed by atoms with Crippen LogP contribution in [0.1, 0.15) is 0 Å². The van der Waals surface area contributed by atoms with Crippen LogP contribution in [-0.4, -0.2) is 21.6 Å². The lowest BCUT2D eigenvalue weighted by atomic mass is 10.1. The van der Waals surface area contributed by atoms with E-state index in [4.69, 9.17) is 0 Å². The van der Waals surface area contributed by atoms with Gasteiger partial charge in [0.2, 0.25) is 0 Å². The maximum atomic E-state index is 4.31. The number of hydrogen-bond acceptors (Lipinski definition) is 3. The number of aromatic nitrogens is 3. The highest BCUT2D eigenvalue weighted by Crippen LogP contribution is 2.24. The molecule has 0 spiro atoms. The van der Waals surface area contributed by atoms with Crippen molar-refractivity contribution in [2.24, 2.45) is 7.05 Å². The third-order valence-electron chi connectivity index (χ3n) is 3.10. The molecule has 90 valence electrons. The number of hydrogen-bond donors (Lipinski definition) is 1. The van der Waals surface area contributed by atoms with E-state index in [0.29, 0.717) is 0 Å². The largest absolute Gasteiger partial charge is 0.373 e. The fourth-order valence-corrected chi connectivity index (χ4v) is 2.09. The van der Waals surface area contributed by atoms with Gasteiger partial charge in [-0.1, -0.05) is 6.07 Å². The molecule has 0 atom stereocenters. The molecule has 1 aromatic carbocycles. The van der Waals surface area contributed by atoms with Crippen LogP contribution in [0.5, 0.6) is 0 Å². The minimum absolute atomic E-state index is 0.827. The average Bonchev–Trinajstić information content (AvgIpc) is 2.80. The zero-order valence-corrected chi connectivity index (χ0v) is 10.4. The van der Waals surface area contributed by atoms with Crippen LogP contribution in [0.4, 0.5) is 5.82 Å². The first-order valence-corrected chi connectivity index (χ1v) is 5.83. The third kappa shape index (κ3) is 1.72. The highest BCUT2D eigenvalue weighted by Gasteiger charge is 2.04. The van der Waals surface area contributed by atoms with Crippen LogP contribution in [0, 0.1) is 0 Å². The average molecular weight is 238 g/mol. The van der Waals surface area contributed by atoms with E-state index in [9.17, 15) is 0 Å². The van der Waals surface area contributed by atoms with E-state index in [1.165, 1.54) is 10.9 Å². The standard InChI is InChI=1S/C14H14N4/c1-15-14-8-12(16-9-17-14)10-3-4-13-11(7-10)5-6-18(13)2/h3-9H,1-2H3,(H,15,16,17). The molecular weight excluding hydrogens is 224 g/mol. The zero-order chi connectivity index (χ0) is 12.5. The van der Waals surface area contributed by atoms with Gasteiger partial charge in [0, 0.05) is 42.8 Å². The summed E-state index contributed by atoms with van der Waals surface area (Å²) in [6.07, 6.45) is 3.64. The lowest BCUT2D eigenvalue weighted by Crippen LogP contribution is -1.94. The Balaban J connectivity index is 2.13. The lowest BCUT2D eigenvalue weighted by molar-refractivity contribution is 0.969. The van der Waals surface area contributed by atoms with Gasteiger partial charge in [0.1, 0.15) is 12.1 Å². The molecule has 0 radical (unpaired) electrons. The molecule has 0 aliphatic carbocycles. The molecule has 0 bridgehead atoms. The predicted molar refractivity (Wildman–Crippen MR) is 73.5 cm³/mol. The maximum absolute atomic E-state index is 4.31. The molecule has 0 unspecified atom stereocenters. The molecule has 0 aliphatic rings. The van der Waals surface area contributed by atoms with Crippen molar-refractivity contribution in [2.75, 3.05) is 12.4 Å². The molecule has 2 heterocycles. The first-order chi connectivity index (χ1) is 8.78. The smallest absolute Gasteiger partial charge is 0.129 e. The molecule has 3 rings (SSSR count). The zero-order valence-electron chi connectivity index (χ0n) is 10.4. The van der Waals surface area contributed by atoms with Crippen molar-refractivity contribution in [1.29, 1.82) is 0 Å². The molecule has 0 fully saturated rings. The number of aryl methyl sites for hydroxylation is 1. The van der Waals surface area contributed by atoms with Gasteiger partial charge in [0.25, 0.3) is 0 Å². The van der Waals surface area contributed by atoms with Crippen molar-refractivity contribution in [1.82, 2.24) is 14.5 Å². The van der Waals surface area contributed by atoms with Gasteiger partial charge in [0.15, 0.2) is 0 Å². The van der Waals surface area contributed by atoms with Gasteiger partial charge in [-0.3, -0.25) is 0 Å². The van der Waals surface area contributed by atoms with Gasteiger partial charge in [-0.25, -0.2) is 9.97 Å². The van der Waals surface area contributed by atoms with Crippen LogP contribution < -0.4 is 5.32 Å². The molecule has 4 nitrogen and oxygen atoms in total. The molecular formula is C14H14N4. The SMILES string of the molecule is CNc1cc(-c2ccc3c(ccn3C)c2)ncn1. The normalized spacial score (nSPS) is 10.8. The van der Waals surface area contributed by atoms with E-state index in [0.717, 1.165) is 17.1 Å². The Morgan fingerprint density at radius 3 is 2.83 bits per heavy atom. The Bertz CT molecular complexity index is 700. The van der Waals surface area contributed by atoms with Crippen molar-refractivity contribution in [3.8, 4) is 11.3 Å². The molecule has 2 aromatic heterocycles. The molecule has 1 N–H and O–H groups in total. The molecule has 0 amide bonds. The highest BCUT2D eigenvalue weighted by molar-refractivity contribution is 5.85. The second kappa shape index (κ2) is 4.14. The first kappa shape index (κ1) is 10.8. The number of benzene rings is 1. The number of nitrogens with one attached hydrogen (secondary N) is 1. The van der Waals surface area contributed by atoms with Crippen molar-refractivity contribution < 1.29 is 0 Å². The van der Waals surface area contributed by atoms with Crippen LogP contribution >= 0.6 is 0 Å². The number of rotatable bonds is 2. The molecule has 0 saturated carbocycles. The monoisotopic (exact) mass is 238 g/mol. The Kier molecular flexibility index (Phi) is 2.48. The summed E-state index contributed by atoms with van der Waals surface area (Å²) in [5.74, 6) is 0.827. The highest BCUT2D eigenvalue weighted by atomic mass is 15.0. The van der Waals surface area contributed by atoms with Crippen LogP contribution in [-0.2, 0) is 7.05 Å². The van der Waals surface area contributed by atoms with E-state index >= 15 is 0 Å². The Hall–Kier alpha value is -2.36. The molecule has 0 aliphatic heterocycles. The number of fused-ring (bicyclic) bond motifs is 1. The predicted octanol–water partition coefficient (Wildman–Crippen LogP) is 2.68. The minimum atomic E-state index is 0.827. The van der Waals surface area contributed by atoms with E-state index in [1.54, 1.807) is 6.33 Å². The van der Waals surface area contributed by atoms with Gasteiger partial charge in [-0.2, -0.15) is 0 Å². The van der Waals surface area contributed by atoms with Crippen LogP contribution in [0.15, 0.2) is 42.9 Å². The summed E-state index contributed by atoms with van der Waals surface area (Å²) in [6, 6.07) is 10.4. The van der Waals surface area contributed by atoms with Gasteiger partial charge in [-0.15, -0.1) is 0 Å². The van der Waals surface area contributed by atoms with Crippen LogP contribution in [0.2, 0.25) is 0 Å². The Labute approximate surface area is 105 Å². The third-order valence-corrected chi connectivity index (χ3v) is 3.10. The Morgan fingerprint density at radius 1 is 1.11 bits per heavy atom. The van der Waals surface area contributed by atoms with E-state index in [-0.39, 0.29) is 0 Å². The van der Waals surface area contributed by atoms with Crippen LogP contribution in [0.3, 0.4) is 0 Å². The van der Waals surface area contributed by atoms with Crippen molar-refractivity contribution in [3.63, 3.8) is 0 Å². The maximum Gasteiger partial charge on any atom is 0.129 e. The quantitative estimate of drug-likeness (QED) is 0.746. The van der Waals surface area contributed by atoms with Crippen LogP contribution in [0.25, 0.3) is 22.2 Å². The second-order valence-electron chi connectivity index (χ2n) is 4.24. The van der Waals surface area contributed by atoms with Crippen molar-refractivity contribution in [3.05, 3.63) is 42.9 Å². The van der Waals surface area contributed by atoms with Gasteiger partial charge < -0.3 is 9.88 Å². The van der Waals surface area contributed by atoms with Gasteiger partial charge in [-0.05, 0) is 18.2 Å². The van der Waals surface area contributed by atoms with Crippen molar-refractivity contribution >= 4 is 16.7 Å². The number of anilines is 1. The van der Waals surface area contributed by atoms with Crippen molar-refractivity contribution in [2.45, 2.75) is 0 Å². The van der Waals surface area contributed by atoms with E-state index in [1.807, 2.05) is 20.2 Å². The lowest BCUT2D eigenvalue weighted by Gasteiger charge is -2.04. The second-order valence-corrected chi connectivity index (χ2v) is 4.24. The molecule has 3 aromatic rings. The van der Waals surface area contributed by atoms with Gasteiger partial charge in [0.05, 0.1) is 5.69 Å². The summed E-state index contributed by atoms with van der Waals surface area (Å²) in [4.78, 5) is 8.44. The summed E-state index contributed by atoms with van der Waals surface area (Å²) in [5, 5.41) is 4.25. The molecule has 0 saturated heterocycles. The summed E-state index contributed by atoms with van der Waals surface area (Å²) in [7, 11) is 3.90. The molecule has 4 heteroatoms. The number of nitrogens with zero attached hydrogens (tertiary/aromatic N) is 3. The topological polar surface area (TPSA) is 42.7 Å². The molecule has 18 heavy (non-hydrogen) atoms. The fourth-order valence-electron chi connectivity index (χ4n) is 2.09. The first-order valence-electron chi connectivity index (χ1n) is 5.83. The summed E-state index contributed by atoms with van der Waals surface area (Å²) in [6.45, 7) is 0. The summed E-state index contributed by atoms with van der Waals surface area (Å²) >= 11 is 0.